The summed E-state index contributed by atoms with van der Waals surface area (Å²) in [5.74, 6) is 0.911. The number of carbonyl (C=O) groups excluding carboxylic acids is 1. The molecule has 37 heavy (non-hydrogen) atoms. The lowest BCUT2D eigenvalue weighted by Gasteiger charge is -2.18. The Bertz CT molecular complexity index is 1010. The van der Waals surface area contributed by atoms with Gasteiger partial charge in [0.1, 0.15) is 30.6 Å². The van der Waals surface area contributed by atoms with E-state index < -0.39 is 18.7 Å². The standard InChI is InChI=1S/C15H14O3.C13H19ClO5/c16-11-14(17)18-15(12-7-3-1-4-8-12)13-9-5-2-6-10-13;1-15-6-8-18-11-5-4-10(17-3)12(14)13(11)19-9-7-16-2/h1-10,15-16H,11H2;4-5H,6-9H2,1-3H3. The molecule has 200 valence electrons. The van der Waals surface area contributed by atoms with Crippen LogP contribution in [0.4, 0.5) is 0 Å². The maximum Gasteiger partial charge on any atom is 0.332 e. The van der Waals surface area contributed by atoms with Crippen molar-refractivity contribution in [2.75, 3.05) is 54.4 Å². The lowest BCUT2D eigenvalue weighted by molar-refractivity contribution is -0.150. The lowest BCUT2D eigenvalue weighted by atomic mass is 10.0. The monoisotopic (exact) mass is 532 g/mol. The molecule has 1 N–H and O–H groups in total. The van der Waals surface area contributed by atoms with Crippen molar-refractivity contribution in [3.05, 3.63) is 88.9 Å². The van der Waals surface area contributed by atoms with Gasteiger partial charge in [-0.2, -0.15) is 0 Å². The van der Waals surface area contributed by atoms with Gasteiger partial charge < -0.3 is 33.5 Å². The predicted octanol–water partition coefficient (Wildman–Crippen LogP) is 4.71. The van der Waals surface area contributed by atoms with E-state index in [9.17, 15) is 4.79 Å². The summed E-state index contributed by atoms with van der Waals surface area (Å²) in [6.45, 7) is 1.13. The van der Waals surface area contributed by atoms with Crippen molar-refractivity contribution >= 4 is 17.6 Å². The number of halogens is 1. The highest BCUT2D eigenvalue weighted by molar-refractivity contribution is 6.33. The van der Waals surface area contributed by atoms with E-state index >= 15 is 0 Å². The number of rotatable bonds is 13. The molecule has 0 amide bonds. The normalized spacial score (nSPS) is 10.3. The number of methoxy groups -OCH3 is 3. The molecule has 0 aliphatic heterocycles. The number of hydrogen-bond acceptors (Lipinski definition) is 8. The zero-order chi connectivity index (χ0) is 26.9. The topological polar surface area (TPSA) is 92.7 Å². The first kappa shape index (κ1) is 29.9. The van der Waals surface area contributed by atoms with Crippen molar-refractivity contribution in [3.63, 3.8) is 0 Å². The van der Waals surface area contributed by atoms with Crippen LogP contribution in [0, 0.1) is 0 Å². The molecule has 0 saturated carbocycles. The summed E-state index contributed by atoms with van der Waals surface area (Å²) >= 11 is 6.20. The minimum atomic E-state index is -0.632. The fourth-order valence-electron chi connectivity index (χ4n) is 3.14. The van der Waals surface area contributed by atoms with E-state index in [0.717, 1.165) is 11.1 Å². The number of esters is 1. The largest absolute Gasteiger partial charge is 0.495 e. The van der Waals surface area contributed by atoms with Gasteiger partial charge in [0.15, 0.2) is 17.6 Å². The molecule has 0 spiro atoms. The number of aliphatic hydroxyl groups excluding tert-OH is 1. The van der Waals surface area contributed by atoms with Gasteiger partial charge in [-0.25, -0.2) is 4.79 Å². The third-order valence-corrected chi connectivity index (χ3v) is 5.27. The average molecular weight is 533 g/mol. The summed E-state index contributed by atoms with van der Waals surface area (Å²) in [5, 5.41) is 9.19. The van der Waals surface area contributed by atoms with Crippen molar-refractivity contribution in [2.45, 2.75) is 6.10 Å². The molecule has 0 radical (unpaired) electrons. The smallest absolute Gasteiger partial charge is 0.332 e. The molecular weight excluding hydrogens is 500 g/mol. The van der Waals surface area contributed by atoms with Crippen molar-refractivity contribution in [1.29, 1.82) is 0 Å². The first-order valence-electron chi connectivity index (χ1n) is 11.6. The van der Waals surface area contributed by atoms with Gasteiger partial charge in [-0.1, -0.05) is 72.3 Å². The van der Waals surface area contributed by atoms with E-state index in [1.54, 1.807) is 33.5 Å². The molecule has 0 aromatic heterocycles. The molecule has 0 aliphatic carbocycles. The van der Waals surface area contributed by atoms with Crippen LogP contribution in [0.25, 0.3) is 0 Å². The molecule has 8 nitrogen and oxygen atoms in total. The maximum atomic E-state index is 11.3. The van der Waals surface area contributed by atoms with Crippen molar-refractivity contribution in [1.82, 2.24) is 0 Å². The van der Waals surface area contributed by atoms with Gasteiger partial charge in [0, 0.05) is 14.2 Å². The van der Waals surface area contributed by atoms with Crippen molar-refractivity contribution < 1.29 is 38.3 Å². The minimum absolute atomic E-state index is 0.379. The molecule has 0 atom stereocenters. The van der Waals surface area contributed by atoms with Crippen LogP contribution >= 0.6 is 11.6 Å². The quantitative estimate of drug-likeness (QED) is 0.250. The van der Waals surface area contributed by atoms with Crippen molar-refractivity contribution in [2.24, 2.45) is 0 Å². The Morgan fingerprint density at radius 1 is 0.757 bits per heavy atom. The molecule has 3 aromatic rings. The maximum absolute atomic E-state index is 11.3. The fourth-order valence-corrected chi connectivity index (χ4v) is 3.43. The summed E-state index contributed by atoms with van der Waals surface area (Å²) < 4.78 is 31.4. The summed E-state index contributed by atoms with van der Waals surface area (Å²) in [4.78, 5) is 11.3. The predicted molar refractivity (Wildman–Crippen MR) is 141 cm³/mol. The molecule has 3 aromatic carbocycles. The van der Waals surface area contributed by atoms with Gasteiger partial charge in [-0.05, 0) is 23.3 Å². The Morgan fingerprint density at radius 3 is 1.76 bits per heavy atom. The van der Waals surface area contributed by atoms with Crippen LogP contribution in [-0.2, 0) is 19.0 Å². The van der Waals surface area contributed by atoms with Crippen molar-refractivity contribution in [3.8, 4) is 17.2 Å². The van der Waals surface area contributed by atoms with Crippen LogP contribution in [-0.4, -0.2) is 65.4 Å². The second kappa shape index (κ2) is 17.2. The molecule has 0 saturated heterocycles. The van der Waals surface area contributed by atoms with E-state index in [0.29, 0.717) is 48.7 Å². The van der Waals surface area contributed by atoms with Crippen LogP contribution in [0.1, 0.15) is 17.2 Å². The number of carbonyl (C=O) groups is 1. The van der Waals surface area contributed by atoms with Gasteiger partial charge in [0.2, 0.25) is 0 Å². The molecule has 0 bridgehead atoms. The van der Waals surface area contributed by atoms with Crippen LogP contribution in [0.15, 0.2) is 72.8 Å². The Morgan fingerprint density at radius 2 is 1.27 bits per heavy atom. The Kier molecular flexibility index (Phi) is 13.9. The molecule has 9 heteroatoms. The van der Waals surface area contributed by atoms with Crippen LogP contribution in [0.5, 0.6) is 17.2 Å². The van der Waals surface area contributed by atoms with Gasteiger partial charge in [-0.15, -0.1) is 0 Å². The Balaban J connectivity index is 0.000000260. The summed E-state index contributed by atoms with van der Waals surface area (Å²) in [6.07, 6.45) is -0.480. The summed E-state index contributed by atoms with van der Waals surface area (Å²) in [6, 6.07) is 22.4. The van der Waals surface area contributed by atoms with E-state index in [2.05, 4.69) is 0 Å². The number of aliphatic hydroxyl groups is 1. The number of benzene rings is 3. The van der Waals surface area contributed by atoms with E-state index in [1.807, 2.05) is 60.7 Å². The molecule has 0 fully saturated rings. The molecule has 0 aliphatic rings. The second-order valence-electron chi connectivity index (χ2n) is 7.44. The third-order valence-electron chi connectivity index (χ3n) is 4.91. The number of hydrogen-bond donors (Lipinski definition) is 1. The van der Waals surface area contributed by atoms with E-state index in [-0.39, 0.29) is 0 Å². The minimum Gasteiger partial charge on any atom is -0.495 e. The lowest BCUT2D eigenvalue weighted by Crippen LogP contribution is -2.15. The summed E-state index contributed by atoms with van der Waals surface area (Å²) in [5.41, 5.74) is 1.76. The highest BCUT2D eigenvalue weighted by Gasteiger charge is 2.18. The first-order chi connectivity index (χ1) is 18.0. The van der Waals surface area contributed by atoms with E-state index in [1.165, 1.54) is 0 Å². The fraction of sp³-hybridized carbons (Fsp3) is 0.321. The first-order valence-corrected chi connectivity index (χ1v) is 11.9. The Labute approximate surface area is 222 Å². The van der Waals surface area contributed by atoms with Crippen LogP contribution in [0.2, 0.25) is 5.02 Å². The van der Waals surface area contributed by atoms with Gasteiger partial charge in [0.05, 0.1) is 20.3 Å². The zero-order valence-corrected chi connectivity index (χ0v) is 22.0. The van der Waals surface area contributed by atoms with Crippen LogP contribution in [0.3, 0.4) is 0 Å². The van der Waals surface area contributed by atoms with Crippen LogP contribution < -0.4 is 14.2 Å². The van der Waals surface area contributed by atoms with Gasteiger partial charge in [-0.3, -0.25) is 0 Å². The molecule has 3 rings (SSSR count). The van der Waals surface area contributed by atoms with E-state index in [4.69, 9.17) is 45.1 Å². The second-order valence-corrected chi connectivity index (χ2v) is 7.82. The molecule has 0 unspecified atom stereocenters. The Hall–Kier alpha value is -3.30. The third kappa shape index (κ3) is 9.93. The molecule has 0 heterocycles. The van der Waals surface area contributed by atoms with Gasteiger partial charge in [0.25, 0.3) is 0 Å². The number of ether oxygens (including phenoxy) is 6. The average Bonchev–Trinajstić information content (AvgIpc) is 2.94. The summed E-state index contributed by atoms with van der Waals surface area (Å²) in [7, 11) is 4.76. The SMILES string of the molecule is COCCOc1ccc(OC)c(Cl)c1OCCOC.O=C(CO)OC(c1ccccc1)c1ccccc1. The zero-order valence-electron chi connectivity index (χ0n) is 21.2. The highest BCUT2D eigenvalue weighted by atomic mass is 35.5. The van der Waals surface area contributed by atoms with Gasteiger partial charge >= 0.3 is 5.97 Å². The highest BCUT2D eigenvalue weighted by Crippen LogP contribution is 2.41. The molecular formula is C28H33ClO8.